The second-order valence-corrected chi connectivity index (χ2v) is 4.31. The maximum absolute atomic E-state index is 13.1. The SMILES string of the molecule is Cn1c(S)nc2c(Br)cc(F)cc2c1=O. The van der Waals surface area contributed by atoms with E-state index in [4.69, 9.17) is 0 Å². The molecular formula is C9H6BrFN2OS. The fourth-order valence-corrected chi connectivity index (χ4v) is 2.00. The molecule has 0 saturated heterocycles. The molecule has 0 atom stereocenters. The van der Waals surface area contributed by atoms with E-state index in [-0.39, 0.29) is 10.9 Å². The summed E-state index contributed by atoms with van der Waals surface area (Å²) in [5, 5.41) is 0.530. The molecule has 0 fully saturated rings. The van der Waals surface area contributed by atoms with Gasteiger partial charge in [0.05, 0.1) is 10.9 Å². The van der Waals surface area contributed by atoms with E-state index >= 15 is 0 Å². The number of fused-ring (bicyclic) bond motifs is 1. The molecule has 6 heteroatoms. The van der Waals surface area contributed by atoms with Crippen LogP contribution in [0.5, 0.6) is 0 Å². The van der Waals surface area contributed by atoms with Gasteiger partial charge in [-0.05, 0) is 28.1 Å². The van der Waals surface area contributed by atoms with Crippen LogP contribution in [-0.4, -0.2) is 9.55 Å². The van der Waals surface area contributed by atoms with Crippen LogP contribution >= 0.6 is 28.6 Å². The van der Waals surface area contributed by atoms with Crippen LogP contribution in [-0.2, 0) is 7.05 Å². The van der Waals surface area contributed by atoms with Crippen molar-refractivity contribution in [1.82, 2.24) is 9.55 Å². The van der Waals surface area contributed by atoms with Gasteiger partial charge < -0.3 is 0 Å². The molecule has 0 aliphatic heterocycles. The number of halogens is 2. The summed E-state index contributed by atoms with van der Waals surface area (Å²) in [4.78, 5) is 15.8. The highest BCUT2D eigenvalue weighted by Gasteiger charge is 2.10. The van der Waals surface area contributed by atoms with Gasteiger partial charge in [-0.1, -0.05) is 0 Å². The average molecular weight is 289 g/mol. The van der Waals surface area contributed by atoms with Crippen molar-refractivity contribution in [2.75, 3.05) is 0 Å². The lowest BCUT2D eigenvalue weighted by Crippen LogP contribution is -2.19. The van der Waals surface area contributed by atoms with Crippen molar-refractivity contribution >= 4 is 39.5 Å². The first-order chi connectivity index (χ1) is 7.00. The molecule has 1 heterocycles. The molecule has 0 amide bonds. The molecule has 0 aliphatic rings. The number of hydrogen-bond donors (Lipinski definition) is 1. The second kappa shape index (κ2) is 3.61. The first-order valence-electron chi connectivity index (χ1n) is 4.05. The first-order valence-corrected chi connectivity index (χ1v) is 5.29. The van der Waals surface area contributed by atoms with Gasteiger partial charge in [-0.15, -0.1) is 12.6 Å². The minimum Gasteiger partial charge on any atom is -0.290 e. The van der Waals surface area contributed by atoms with Crippen LogP contribution in [0.3, 0.4) is 0 Å². The standard InChI is InChI=1S/C9H6BrFN2OS/c1-13-8(14)5-2-4(11)3-6(10)7(5)12-9(13)15/h2-3H,1H3,(H,12,15). The maximum atomic E-state index is 13.1. The fraction of sp³-hybridized carbons (Fsp3) is 0.111. The van der Waals surface area contributed by atoms with E-state index < -0.39 is 5.82 Å². The molecule has 1 aromatic heterocycles. The normalized spacial score (nSPS) is 10.9. The fourth-order valence-electron chi connectivity index (χ4n) is 1.29. The van der Waals surface area contributed by atoms with Gasteiger partial charge in [-0.2, -0.15) is 0 Å². The Bertz CT molecular complexity index is 611. The third-order valence-corrected chi connectivity index (χ3v) is 3.08. The molecule has 0 bridgehead atoms. The van der Waals surface area contributed by atoms with Crippen molar-refractivity contribution in [3.8, 4) is 0 Å². The maximum Gasteiger partial charge on any atom is 0.261 e. The highest BCUT2D eigenvalue weighted by molar-refractivity contribution is 9.10. The van der Waals surface area contributed by atoms with Crippen LogP contribution in [0.15, 0.2) is 26.6 Å². The monoisotopic (exact) mass is 288 g/mol. The molecule has 2 aromatic rings. The Morgan fingerprint density at radius 1 is 1.53 bits per heavy atom. The van der Waals surface area contributed by atoms with Crippen molar-refractivity contribution in [2.45, 2.75) is 5.16 Å². The molecule has 0 radical (unpaired) electrons. The van der Waals surface area contributed by atoms with E-state index in [0.717, 1.165) is 0 Å². The van der Waals surface area contributed by atoms with E-state index in [2.05, 4.69) is 33.5 Å². The van der Waals surface area contributed by atoms with Gasteiger partial charge in [0, 0.05) is 11.5 Å². The number of hydrogen-bond acceptors (Lipinski definition) is 3. The van der Waals surface area contributed by atoms with Gasteiger partial charge in [0.2, 0.25) is 0 Å². The van der Waals surface area contributed by atoms with Gasteiger partial charge in [0.25, 0.3) is 5.56 Å². The number of aromatic nitrogens is 2. The third-order valence-electron chi connectivity index (χ3n) is 2.08. The molecule has 15 heavy (non-hydrogen) atoms. The van der Waals surface area contributed by atoms with Crippen molar-refractivity contribution in [1.29, 1.82) is 0 Å². The number of benzene rings is 1. The summed E-state index contributed by atoms with van der Waals surface area (Å²) in [5.41, 5.74) is 0.106. The molecule has 1 aromatic carbocycles. The predicted octanol–water partition coefficient (Wildman–Crippen LogP) is 2.12. The Morgan fingerprint density at radius 2 is 2.20 bits per heavy atom. The molecule has 78 valence electrons. The van der Waals surface area contributed by atoms with E-state index in [1.807, 2.05) is 0 Å². The van der Waals surface area contributed by atoms with Crippen molar-refractivity contribution in [3.63, 3.8) is 0 Å². The Hall–Kier alpha value is -0.880. The zero-order valence-electron chi connectivity index (χ0n) is 7.66. The van der Waals surface area contributed by atoms with Gasteiger partial charge in [-0.3, -0.25) is 9.36 Å². The Labute approximate surface area is 98.5 Å². The van der Waals surface area contributed by atoms with Crippen LogP contribution < -0.4 is 5.56 Å². The van der Waals surface area contributed by atoms with Gasteiger partial charge in [0.1, 0.15) is 5.82 Å². The molecule has 0 N–H and O–H groups in total. The predicted molar refractivity (Wildman–Crippen MR) is 61.9 cm³/mol. The number of nitrogens with zero attached hydrogens (tertiary/aromatic N) is 2. The molecule has 0 aliphatic carbocycles. The summed E-state index contributed by atoms with van der Waals surface area (Å²) in [6.07, 6.45) is 0. The Kier molecular flexibility index (Phi) is 2.56. The van der Waals surface area contributed by atoms with Crippen molar-refractivity contribution < 1.29 is 4.39 Å². The average Bonchev–Trinajstić information content (AvgIpc) is 2.17. The Morgan fingerprint density at radius 3 is 2.87 bits per heavy atom. The van der Waals surface area contributed by atoms with E-state index in [0.29, 0.717) is 15.1 Å². The lowest BCUT2D eigenvalue weighted by molar-refractivity contribution is 0.627. The molecule has 0 saturated carbocycles. The lowest BCUT2D eigenvalue weighted by Gasteiger charge is -2.05. The second-order valence-electron chi connectivity index (χ2n) is 3.06. The zero-order valence-corrected chi connectivity index (χ0v) is 10.1. The summed E-state index contributed by atoms with van der Waals surface area (Å²) in [7, 11) is 1.54. The molecule has 0 unspecified atom stereocenters. The largest absolute Gasteiger partial charge is 0.290 e. The van der Waals surface area contributed by atoms with Gasteiger partial charge in [-0.25, -0.2) is 9.37 Å². The lowest BCUT2D eigenvalue weighted by atomic mass is 10.2. The molecular weight excluding hydrogens is 283 g/mol. The van der Waals surface area contributed by atoms with Gasteiger partial charge in [0.15, 0.2) is 5.16 Å². The van der Waals surface area contributed by atoms with Crippen LogP contribution in [0.25, 0.3) is 10.9 Å². The first kappa shape index (κ1) is 10.6. The smallest absolute Gasteiger partial charge is 0.261 e. The summed E-state index contributed by atoms with van der Waals surface area (Å²) in [5.74, 6) is -0.472. The van der Waals surface area contributed by atoms with Crippen LogP contribution in [0.1, 0.15) is 0 Å². The minimum atomic E-state index is -0.472. The summed E-state index contributed by atoms with van der Waals surface area (Å²) in [6, 6.07) is 2.44. The van der Waals surface area contributed by atoms with Gasteiger partial charge >= 0.3 is 0 Å². The molecule has 2 rings (SSSR count). The van der Waals surface area contributed by atoms with Crippen LogP contribution in [0.4, 0.5) is 4.39 Å². The highest BCUT2D eigenvalue weighted by atomic mass is 79.9. The van der Waals surface area contributed by atoms with Crippen LogP contribution in [0.2, 0.25) is 0 Å². The topological polar surface area (TPSA) is 34.9 Å². The molecule has 0 spiro atoms. The van der Waals surface area contributed by atoms with E-state index in [1.54, 1.807) is 0 Å². The number of thiol groups is 1. The summed E-state index contributed by atoms with van der Waals surface area (Å²) in [6.45, 7) is 0. The summed E-state index contributed by atoms with van der Waals surface area (Å²) >= 11 is 7.21. The van der Waals surface area contributed by atoms with E-state index in [1.165, 1.54) is 23.7 Å². The minimum absolute atomic E-state index is 0.238. The molecule has 3 nitrogen and oxygen atoms in total. The van der Waals surface area contributed by atoms with Crippen molar-refractivity contribution in [2.24, 2.45) is 7.05 Å². The highest BCUT2D eigenvalue weighted by Crippen LogP contribution is 2.22. The van der Waals surface area contributed by atoms with Crippen LogP contribution in [0, 0.1) is 5.82 Å². The quantitative estimate of drug-likeness (QED) is 0.595. The summed E-state index contributed by atoms with van der Waals surface area (Å²) < 4.78 is 14.8. The zero-order chi connectivity index (χ0) is 11.2. The third kappa shape index (κ3) is 1.68. The Balaban J connectivity index is 3.06. The van der Waals surface area contributed by atoms with Crippen molar-refractivity contribution in [3.05, 3.63) is 32.8 Å². The number of rotatable bonds is 0. The van der Waals surface area contributed by atoms with E-state index in [9.17, 15) is 9.18 Å².